The first-order valence-electron chi connectivity index (χ1n) is 7.14. The van der Waals surface area contributed by atoms with Gasteiger partial charge in [-0.3, -0.25) is 0 Å². The molecule has 5 heteroatoms. The number of hydrogen-bond acceptors (Lipinski definition) is 4. The first-order chi connectivity index (χ1) is 11.0. The molecule has 3 nitrogen and oxygen atoms in total. The van der Waals surface area contributed by atoms with Crippen molar-refractivity contribution < 1.29 is 47.7 Å². The molecule has 0 saturated heterocycles. The standard InChI is InChI=1S/2C6H5O.C3H8.C2H6O.C2H6S.3CH4.Y/c2*7-6-4-2-1-3-5-6;3*1-3-2;;;;/h2*2-5,7H;3H2,1-2H3;2*1-2H3;3*1H4;/q2*-1;;;;;;;. The number of phenolic OH excluding ortho intramolecular Hbond substituents is 2. The van der Waals surface area contributed by atoms with Crippen molar-refractivity contribution >= 4 is 11.8 Å². The minimum absolute atomic E-state index is 0. The van der Waals surface area contributed by atoms with Crippen LogP contribution in [-0.4, -0.2) is 36.9 Å². The van der Waals surface area contributed by atoms with Gasteiger partial charge in [0.25, 0.3) is 0 Å². The molecule has 2 rings (SSSR count). The van der Waals surface area contributed by atoms with Crippen LogP contribution in [0.4, 0.5) is 0 Å². The molecule has 159 valence electrons. The van der Waals surface area contributed by atoms with Crippen molar-refractivity contribution in [1.29, 1.82) is 0 Å². The van der Waals surface area contributed by atoms with E-state index in [1.807, 2.05) is 12.5 Å². The van der Waals surface area contributed by atoms with Gasteiger partial charge in [-0.2, -0.15) is 48.2 Å². The number of ether oxygens (including phenoxy) is 1. The van der Waals surface area contributed by atoms with Gasteiger partial charge in [0, 0.05) is 58.4 Å². The number of aromatic hydroxyl groups is 2. The first kappa shape index (κ1) is 45.3. The van der Waals surface area contributed by atoms with Crippen LogP contribution < -0.4 is 0 Å². The minimum atomic E-state index is 0. The molecule has 0 fully saturated rings. The Morgan fingerprint density at radius 1 is 0.778 bits per heavy atom. The fourth-order valence-electron chi connectivity index (χ4n) is 0.756. The predicted molar refractivity (Wildman–Crippen MR) is 122 cm³/mol. The van der Waals surface area contributed by atoms with Crippen molar-refractivity contribution in [3.05, 3.63) is 60.7 Å². The average molecular weight is 476 g/mol. The van der Waals surface area contributed by atoms with E-state index in [1.54, 1.807) is 74.5 Å². The van der Waals surface area contributed by atoms with E-state index in [-0.39, 0.29) is 55.0 Å². The SMILES string of the molecule is C.C.C.CCC.COC.CSC.Oc1cc[c-]cc1.Oc1cc[c-]cc1.[Y]. The van der Waals surface area contributed by atoms with Gasteiger partial charge in [0.1, 0.15) is 0 Å². The summed E-state index contributed by atoms with van der Waals surface area (Å²) in [5, 5.41) is 17.2. The Bertz CT molecular complexity index is 359. The Balaban J connectivity index is -0.0000000380. The second-order valence-electron chi connectivity index (χ2n) is 4.04. The molecule has 0 spiro atoms. The van der Waals surface area contributed by atoms with Crippen LogP contribution >= 0.6 is 11.8 Å². The Morgan fingerprint density at radius 3 is 1.00 bits per heavy atom. The van der Waals surface area contributed by atoms with Gasteiger partial charge in [0.2, 0.25) is 0 Å². The molecular formula is C22H42O3SY-2. The summed E-state index contributed by atoms with van der Waals surface area (Å²) in [6.45, 7) is 4.25. The maximum Gasteiger partial charge on any atom is 0.0351 e. The van der Waals surface area contributed by atoms with Crippen molar-refractivity contribution in [3.8, 4) is 11.5 Å². The number of hydrogen-bond donors (Lipinski definition) is 2. The first-order valence-corrected chi connectivity index (χ1v) is 8.77. The summed E-state index contributed by atoms with van der Waals surface area (Å²) in [4.78, 5) is 0. The fraction of sp³-hybridized carbons (Fsp3) is 0.455. The Morgan fingerprint density at radius 2 is 0.926 bits per heavy atom. The van der Waals surface area contributed by atoms with E-state index < -0.39 is 0 Å². The summed E-state index contributed by atoms with van der Waals surface area (Å²) in [5.74, 6) is 0.581. The van der Waals surface area contributed by atoms with Crippen LogP contribution in [0, 0.1) is 12.1 Å². The molecule has 0 heterocycles. The van der Waals surface area contributed by atoms with Crippen LogP contribution in [0.1, 0.15) is 42.5 Å². The van der Waals surface area contributed by atoms with E-state index in [9.17, 15) is 0 Å². The molecule has 2 N–H and O–H groups in total. The molecule has 0 aromatic heterocycles. The van der Waals surface area contributed by atoms with Crippen LogP contribution in [0.2, 0.25) is 0 Å². The molecule has 0 aliphatic heterocycles. The van der Waals surface area contributed by atoms with Gasteiger partial charge < -0.3 is 14.9 Å². The summed E-state index contributed by atoms with van der Waals surface area (Å²) in [5.41, 5.74) is 0. The van der Waals surface area contributed by atoms with Crippen molar-refractivity contribution in [2.45, 2.75) is 42.5 Å². The van der Waals surface area contributed by atoms with Gasteiger partial charge in [0.15, 0.2) is 0 Å². The third kappa shape index (κ3) is 58.6. The molecule has 0 atom stereocenters. The Hall–Kier alpha value is -0.546. The van der Waals surface area contributed by atoms with Crippen LogP contribution in [0.3, 0.4) is 0 Å². The van der Waals surface area contributed by atoms with E-state index in [4.69, 9.17) is 10.2 Å². The van der Waals surface area contributed by atoms with Gasteiger partial charge in [-0.1, -0.05) is 42.5 Å². The molecule has 0 aliphatic carbocycles. The Kier molecular flexibility index (Phi) is 75.0. The Labute approximate surface area is 199 Å². The topological polar surface area (TPSA) is 49.7 Å². The van der Waals surface area contributed by atoms with Crippen molar-refractivity contribution in [2.75, 3.05) is 26.7 Å². The molecule has 0 bridgehead atoms. The van der Waals surface area contributed by atoms with E-state index in [0.717, 1.165) is 0 Å². The van der Waals surface area contributed by atoms with Crippen LogP contribution in [0.25, 0.3) is 0 Å². The summed E-state index contributed by atoms with van der Waals surface area (Å²) in [6.07, 6.45) is 5.33. The van der Waals surface area contributed by atoms with Gasteiger partial charge in [-0.05, 0) is 12.5 Å². The summed E-state index contributed by atoms with van der Waals surface area (Å²) >= 11 is 1.75. The second kappa shape index (κ2) is 44.7. The molecule has 0 saturated carbocycles. The van der Waals surface area contributed by atoms with Crippen LogP contribution in [0.5, 0.6) is 11.5 Å². The smallest absolute Gasteiger partial charge is 0.0351 e. The maximum absolute atomic E-state index is 8.61. The third-order valence-corrected chi connectivity index (χ3v) is 1.40. The van der Waals surface area contributed by atoms with E-state index in [1.165, 1.54) is 6.42 Å². The monoisotopic (exact) mass is 475 g/mol. The molecule has 0 amide bonds. The number of rotatable bonds is 0. The predicted octanol–water partition coefficient (Wildman–Crippen LogP) is 6.95. The van der Waals surface area contributed by atoms with E-state index in [0.29, 0.717) is 11.5 Å². The number of thioether (sulfide) groups is 1. The number of benzene rings is 2. The molecule has 27 heavy (non-hydrogen) atoms. The van der Waals surface area contributed by atoms with E-state index >= 15 is 0 Å². The molecular weight excluding hydrogens is 433 g/mol. The third-order valence-electron chi connectivity index (χ3n) is 1.40. The minimum Gasteiger partial charge on any atom is -0.533 e. The average Bonchev–Trinajstić information content (AvgIpc) is 2.52. The molecule has 0 unspecified atom stereocenters. The van der Waals surface area contributed by atoms with Gasteiger partial charge in [-0.25, -0.2) is 0 Å². The zero-order chi connectivity index (χ0) is 18.3. The fourth-order valence-corrected chi connectivity index (χ4v) is 0.756. The molecule has 2 aromatic carbocycles. The number of methoxy groups -OCH3 is 1. The van der Waals surface area contributed by atoms with Crippen molar-refractivity contribution in [3.63, 3.8) is 0 Å². The zero-order valence-corrected chi connectivity index (χ0v) is 19.3. The van der Waals surface area contributed by atoms with E-state index in [2.05, 4.69) is 30.7 Å². The summed E-state index contributed by atoms with van der Waals surface area (Å²) in [6, 6.07) is 18.5. The summed E-state index contributed by atoms with van der Waals surface area (Å²) in [7, 11) is 3.25. The zero-order valence-electron chi connectivity index (χ0n) is 15.6. The van der Waals surface area contributed by atoms with Gasteiger partial charge >= 0.3 is 0 Å². The number of phenols is 2. The summed E-state index contributed by atoms with van der Waals surface area (Å²) < 4.78 is 4.25. The normalized spacial score (nSPS) is 6.44. The van der Waals surface area contributed by atoms with Gasteiger partial charge in [0.05, 0.1) is 0 Å². The maximum atomic E-state index is 8.61. The van der Waals surface area contributed by atoms with Crippen LogP contribution in [0.15, 0.2) is 48.5 Å². The molecule has 2 aromatic rings. The van der Waals surface area contributed by atoms with Crippen molar-refractivity contribution in [1.82, 2.24) is 0 Å². The second-order valence-corrected chi connectivity index (χ2v) is 4.86. The van der Waals surface area contributed by atoms with Gasteiger partial charge in [-0.15, -0.1) is 24.3 Å². The molecule has 1 radical (unpaired) electrons. The van der Waals surface area contributed by atoms with Crippen molar-refractivity contribution in [2.24, 2.45) is 0 Å². The van der Waals surface area contributed by atoms with Crippen LogP contribution in [-0.2, 0) is 37.4 Å². The molecule has 0 aliphatic rings. The quantitative estimate of drug-likeness (QED) is 0.405. The largest absolute Gasteiger partial charge is 0.533 e.